The van der Waals surface area contributed by atoms with Gasteiger partial charge >= 0.3 is 0 Å². The van der Waals surface area contributed by atoms with Crippen LogP contribution in [0.2, 0.25) is 0 Å². The smallest absolute Gasteiger partial charge is 0.00180 e. The fourth-order valence-electron chi connectivity index (χ4n) is 2.62. The summed E-state index contributed by atoms with van der Waals surface area (Å²) < 4.78 is 0. The fourth-order valence-corrected chi connectivity index (χ4v) is 3.91. The Balaban J connectivity index is 2.04. The van der Waals surface area contributed by atoms with Gasteiger partial charge in [-0.2, -0.15) is 0 Å². The van der Waals surface area contributed by atoms with Crippen molar-refractivity contribution in [1.29, 1.82) is 0 Å². The van der Waals surface area contributed by atoms with Gasteiger partial charge in [-0.05, 0) is 40.4 Å². The molecule has 0 N–H and O–H groups in total. The topological polar surface area (TPSA) is 0 Å². The molecule has 1 heteroatoms. The number of benzene rings is 1. The van der Waals surface area contributed by atoms with Crippen molar-refractivity contribution in [1.82, 2.24) is 0 Å². The van der Waals surface area contributed by atoms with Crippen molar-refractivity contribution >= 4 is 17.3 Å². The van der Waals surface area contributed by atoms with E-state index in [9.17, 15) is 0 Å². The Kier molecular flexibility index (Phi) is 2.64. The number of allylic oxidation sites excluding steroid dienone is 4. The summed E-state index contributed by atoms with van der Waals surface area (Å²) in [5.74, 6) is 2.02. The minimum Gasteiger partial charge on any atom is -0.130 e. The Hall–Kier alpha value is -0.950. The lowest BCUT2D eigenvalue weighted by Gasteiger charge is -2.21. The lowest BCUT2D eigenvalue weighted by atomic mass is 9.86. The van der Waals surface area contributed by atoms with Gasteiger partial charge in [-0.25, -0.2) is 0 Å². The molecule has 0 nitrogen and oxygen atoms in total. The Labute approximate surface area is 101 Å². The second-order valence-corrected chi connectivity index (χ2v) is 5.70. The van der Waals surface area contributed by atoms with Crippen LogP contribution in [0.4, 0.5) is 0 Å². The average molecular weight is 228 g/mol. The molecule has 1 aliphatic carbocycles. The molecular weight excluding hydrogens is 212 g/mol. The molecule has 82 valence electrons. The third-order valence-electron chi connectivity index (χ3n) is 3.44. The summed E-state index contributed by atoms with van der Waals surface area (Å²) in [5.41, 5.74) is 4.51. The number of thioether (sulfide) groups is 1. The zero-order valence-corrected chi connectivity index (χ0v) is 10.4. The van der Waals surface area contributed by atoms with Gasteiger partial charge in [0.1, 0.15) is 0 Å². The van der Waals surface area contributed by atoms with Gasteiger partial charge in [-0.15, -0.1) is 11.8 Å². The van der Waals surface area contributed by atoms with Gasteiger partial charge in [-0.1, -0.05) is 43.3 Å². The molecule has 0 fully saturated rings. The molecule has 0 radical (unpaired) electrons. The van der Waals surface area contributed by atoms with Crippen molar-refractivity contribution in [3.63, 3.8) is 0 Å². The largest absolute Gasteiger partial charge is 0.130 e. The van der Waals surface area contributed by atoms with Gasteiger partial charge in [0, 0.05) is 5.75 Å². The Bertz CT molecular complexity index is 454. The van der Waals surface area contributed by atoms with Crippen LogP contribution in [0.25, 0.3) is 5.57 Å². The van der Waals surface area contributed by atoms with Crippen LogP contribution < -0.4 is 0 Å². The molecule has 2 aliphatic rings. The van der Waals surface area contributed by atoms with E-state index in [2.05, 4.69) is 55.1 Å². The highest BCUT2D eigenvalue weighted by Crippen LogP contribution is 2.47. The molecule has 1 heterocycles. The Morgan fingerprint density at radius 3 is 2.81 bits per heavy atom. The normalized spacial score (nSPS) is 24.3. The first-order valence-electron chi connectivity index (χ1n) is 5.98. The summed E-state index contributed by atoms with van der Waals surface area (Å²) in [7, 11) is 0. The van der Waals surface area contributed by atoms with Crippen molar-refractivity contribution in [2.24, 2.45) is 5.92 Å². The molecule has 0 aromatic heterocycles. The highest BCUT2D eigenvalue weighted by molar-refractivity contribution is 8.03. The van der Waals surface area contributed by atoms with Gasteiger partial charge in [-0.3, -0.25) is 0 Å². The molecule has 1 unspecified atom stereocenters. The average Bonchev–Trinajstić information content (AvgIpc) is 2.81. The van der Waals surface area contributed by atoms with Crippen molar-refractivity contribution < 1.29 is 0 Å². The third kappa shape index (κ3) is 1.63. The van der Waals surface area contributed by atoms with E-state index >= 15 is 0 Å². The molecule has 1 atom stereocenters. The molecule has 0 spiro atoms. The molecule has 1 aliphatic heterocycles. The standard InChI is InChI=1S/C15H16S/c1-11-7-8-13(12-5-3-2-4-6-12)14-9-10-16-15(11)14/h2-6,8,11H,7,9-10H2,1H3. The van der Waals surface area contributed by atoms with Crippen LogP contribution in [-0.2, 0) is 0 Å². The monoisotopic (exact) mass is 228 g/mol. The van der Waals surface area contributed by atoms with E-state index in [1.165, 1.54) is 29.7 Å². The van der Waals surface area contributed by atoms with Gasteiger partial charge in [0.2, 0.25) is 0 Å². The van der Waals surface area contributed by atoms with Crippen molar-refractivity contribution in [2.75, 3.05) is 5.75 Å². The molecule has 3 rings (SSSR count). The molecule has 0 bridgehead atoms. The summed E-state index contributed by atoms with van der Waals surface area (Å²) in [6.45, 7) is 2.35. The lowest BCUT2D eigenvalue weighted by Crippen LogP contribution is -2.03. The van der Waals surface area contributed by atoms with Crippen molar-refractivity contribution in [2.45, 2.75) is 19.8 Å². The summed E-state index contributed by atoms with van der Waals surface area (Å²) in [5, 5.41) is 0. The van der Waals surface area contributed by atoms with Crippen LogP contribution in [0, 0.1) is 5.92 Å². The molecule has 16 heavy (non-hydrogen) atoms. The van der Waals surface area contributed by atoms with Gasteiger partial charge in [0.15, 0.2) is 0 Å². The van der Waals surface area contributed by atoms with Crippen LogP contribution in [0.5, 0.6) is 0 Å². The van der Waals surface area contributed by atoms with Gasteiger partial charge in [0.05, 0.1) is 0 Å². The SMILES string of the molecule is CC1CC=C(c2ccccc2)C2=C1SCC2. The zero-order valence-electron chi connectivity index (χ0n) is 9.57. The van der Waals surface area contributed by atoms with Crippen molar-refractivity contribution in [3.05, 3.63) is 52.4 Å². The fraction of sp³-hybridized carbons (Fsp3) is 0.333. The second kappa shape index (κ2) is 4.14. The van der Waals surface area contributed by atoms with E-state index in [4.69, 9.17) is 0 Å². The molecule has 0 saturated carbocycles. The summed E-state index contributed by atoms with van der Waals surface area (Å²) in [6, 6.07) is 10.8. The minimum absolute atomic E-state index is 0.745. The zero-order chi connectivity index (χ0) is 11.0. The Morgan fingerprint density at radius 2 is 2.00 bits per heavy atom. The molecule has 1 aromatic rings. The van der Waals surface area contributed by atoms with E-state index in [-0.39, 0.29) is 0 Å². The Morgan fingerprint density at radius 1 is 1.19 bits per heavy atom. The number of rotatable bonds is 1. The van der Waals surface area contributed by atoms with Gasteiger partial charge < -0.3 is 0 Å². The van der Waals surface area contributed by atoms with Crippen LogP contribution in [0.15, 0.2) is 46.9 Å². The highest BCUT2D eigenvalue weighted by atomic mass is 32.2. The third-order valence-corrected chi connectivity index (χ3v) is 4.81. The maximum Gasteiger partial charge on any atom is 0.00180 e. The second-order valence-electron chi connectivity index (χ2n) is 4.56. The predicted octanol–water partition coefficient (Wildman–Crippen LogP) is 4.50. The molecular formula is C15H16S. The number of hydrogen-bond acceptors (Lipinski definition) is 1. The van der Waals surface area contributed by atoms with Crippen molar-refractivity contribution in [3.8, 4) is 0 Å². The first-order chi connectivity index (χ1) is 7.86. The van der Waals surface area contributed by atoms with Crippen LogP contribution >= 0.6 is 11.8 Å². The number of hydrogen-bond donors (Lipinski definition) is 0. The van der Waals surface area contributed by atoms with E-state index in [0.29, 0.717) is 0 Å². The first kappa shape index (κ1) is 10.2. The molecule has 1 aromatic carbocycles. The quantitative estimate of drug-likeness (QED) is 0.682. The molecule has 0 saturated heterocycles. The predicted molar refractivity (Wildman–Crippen MR) is 72.3 cm³/mol. The first-order valence-corrected chi connectivity index (χ1v) is 6.96. The van der Waals surface area contributed by atoms with Crippen LogP contribution in [0.1, 0.15) is 25.3 Å². The summed E-state index contributed by atoms with van der Waals surface area (Å²) >= 11 is 2.07. The van der Waals surface area contributed by atoms with Crippen LogP contribution in [-0.4, -0.2) is 5.75 Å². The van der Waals surface area contributed by atoms with E-state index in [1.807, 2.05) is 0 Å². The summed E-state index contributed by atoms with van der Waals surface area (Å²) in [4.78, 5) is 1.65. The van der Waals surface area contributed by atoms with Crippen LogP contribution in [0.3, 0.4) is 0 Å². The maximum atomic E-state index is 2.44. The lowest BCUT2D eigenvalue weighted by molar-refractivity contribution is 0.719. The highest BCUT2D eigenvalue weighted by Gasteiger charge is 2.26. The van der Waals surface area contributed by atoms with E-state index in [0.717, 1.165) is 5.92 Å². The molecule has 0 amide bonds. The van der Waals surface area contributed by atoms with Gasteiger partial charge in [0.25, 0.3) is 0 Å². The maximum absolute atomic E-state index is 2.44. The minimum atomic E-state index is 0.745. The van der Waals surface area contributed by atoms with E-state index in [1.54, 1.807) is 10.5 Å². The van der Waals surface area contributed by atoms with E-state index < -0.39 is 0 Å². The summed E-state index contributed by atoms with van der Waals surface area (Å²) in [6.07, 6.45) is 4.89.